The molecule has 1 aliphatic heterocycles. The Labute approximate surface area is 177 Å². The van der Waals surface area contributed by atoms with Gasteiger partial charge in [0.15, 0.2) is 11.5 Å². The Kier molecular flexibility index (Phi) is 6.62. The summed E-state index contributed by atoms with van der Waals surface area (Å²) in [5, 5.41) is 5.21. The van der Waals surface area contributed by atoms with E-state index < -0.39 is 12.1 Å². The molecule has 0 aromatic heterocycles. The van der Waals surface area contributed by atoms with E-state index in [1.807, 2.05) is 56.0 Å². The van der Waals surface area contributed by atoms with Crippen molar-refractivity contribution in [2.24, 2.45) is 0 Å². The standard InChI is InChI=1S/C23H29N3O4/c1-14-6-7-19(15(2)10-14)24-23(28)25-22(27)16(3)26-9-8-17-11-20(29-4)21(30-5)12-18(17)13-26/h6-7,10-12,16H,8-9,13H2,1-5H3,(H2,24,25,27,28)/t16-/m0/s1. The third-order valence-corrected chi connectivity index (χ3v) is 5.54. The van der Waals surface area contributed by atoms with Crippen LogP contribution in [0.4, 0.5) is 10.5 Å². The van der Waals surface area contributed by atoms with Crippen molar-refractivity contribution in [2.45, 2.75) is 39.8 Å². The smallest absolute Gasteiger partial charge is 0.325 e. The van der Waals surface area contributed by atoms with Gasteiger partial charge in [-0.3, -0.25) is 15.0 Å². The Balaban J connectivity index is 1.63. The van der Waals surface area contributed by atoms with E-state index in [0.29, 0.717) is 23.7 Å². The molecule has 3 rings (SSSR count). The molecule has 2 N–H and O–H groups in total. The van der Waals surface area contributed by atoms with Gasteiger partial charge in [-0.05, 0) is 62.1 Å². The van der Waals surface area contributed by atoms with Crippen molar-refractivity contribution < 1.29 is 19.1 Å². The maximum Gasteiger partial charge on any atom is 0.325 e. The van der Waals surface area contributed by atoms with Gasteiger partial charge in [-0.25, -0.2) is 4.79 Å². The minimum atomic E-state index is -0.525. The van der Waals surface area contributed by atoms with E-state index in [2.05, 4.69) is 10.6 Å². The van der Waals surface area contributed by atoms with Gasteiger partial charge < -0.3 is 14.8 Å². The van der Waals surface area contributed by atoms with Crippen molar-refractivity contribution in [1.82, 2.24) is 10.2 Å². The van der Waals surface area contributed by atoms with Crippen LogP contribution in [0.1, 0.15) is 29.2 Å². The van der Waals surface area contributed by atoms with Crippen molar-refractivity contribution in [3.8, 4) is 11.5 Å². The van der Waals surface area contributed by atoms with Crippen LogP contribution in [0.15, 0.2) is 30.3 Å². The molecule has 0 fully saturated rings. The SMILES string of the molecule is COc1cc2c(cc1OC)CN([C@@H](C)C(=O)NC(=O)Nc1ccc(C)cc1C)CC2. The van der Waals surface area contributed by atoms with E-state index in [1.165, 1.54) is 5.56 Å². The number of anilines is 1. The van der Waals surface area contributed by atoms with Gasteiger partial charge in [-0.1, -0.05) is 17.7 Å². The molecule has 3 amide bonds. The molecule has 0 bridgehead atoms. The minimum absolute atomic E-state index is 0.332. The fourth-order valence-electron chi connectivity index (χ4n) is 3.73. The summed E-state index contributed by atoms with van der Waals surface area (Å²) in [6, 6.07) is 8.71. The third kappa shape index (κ3) is 4.74. The molecule has 0 aliphatic carbocycles. The minimum Gasteiger partial charge on any atom is -0.493 e. The van der Waals surface area contributed by atoms with E-state index in [0.717, 1.165) is 29.7 Å². The fourth-order valence-corrected chi connectivity index (χ4v) is 3.73. The molecule has 1 aliphatic rings. The highest BCUT2D eigenvalue weighted by Crippen LogP contribution is 2.33. The number of carbonyl (C=O) groups is 2. The van der Waals surface area contributed by atoms with Gasteiger partial charge in [0.25, 0.3) is 0 Å². The summed E-state index contributed by atoms with van der Waals surface area (Å²) >= 11 is 0. The molecule has 2 aromatic carbocycles. The van der Waals surface area contributed by atoms with Gasteiger partial charge >= 0.3 is 6.03 Å². The van der Waals surface area contributed by atoms with Crippen molar-refractivity contribution >= 4 is 17.6 Å². The van der Waals surface area contributed by atoms with Gasteiger partial charge in [0.1, 0.15) is 0 Å². The summed E-state index contributed by atoms with van der Waals surface area (Å²) in [7, 11) is 3.23. The van der Waals surface area contributed by atoms with Crippen molar-refractivity contribution in [2.75, 3.05) is 26.1 Å². The van der Waals surface area contributed by atoms with Crippen LogP contribution in [-0.2, 0) is 17.8 Å². The highest BCUT2D eigenvalue weighted by atomic mass is 16.5. The maximum atomic E-state index is 12.7. The van der Waals surface area contributed by atoms with E-state index in [4.69, 9.17) is 9.47 Å². The Morgan fingerprint density at radius 1 is 1.03 bits per heavy atom. The number of fused-ring (bicyclic) bond motifs is 1. The van der Waals surface area contributed by atoms with Crippen LogP contribution in [0.2, 0.25) is 0 Å². The van der Waals surface area contributed by atoms with Gasteiger partial charge in [-0.15, -0.1) is 0 Å². The first kappa shape index (κ1) is 21.6. The predicted octanol–water partition coefficient (Wildman–Crippen LogP) is 3.42. The van der Waals surface area contributed by atoms with Crippen molar-refractivity contribution in [1.29, 1.82) is 0 Å². The Morgan fingerprint density at radius 2 is 1.70 bits per heavy atom. The second-order valence-electron chi connectivity index (χ2n) is 7.63. The van der Waals surface area contributed by atoms with Crippen LogP contribution in [0, 0.1) is 13.8 Å². The molecular weight excluding hydrogens is 382 g/mol. The zero-order chi connectivity index (χ0) is 21.8. The number of hydrogen-bond acceptors (Lipinski definition) is 5. The lowest BCUT2D eigenvalue weighted by atomic mass is 9.97. The second kappa shape index (κ2) is 9.17. The zero-order valence-corrected chi connectivity index (χ0v) is 18.2. The van der Waals surface area contributed by atoms with E-state index in [9.17, 15) is 9.59 Å². The highest BCUT2D eigenvalue weighted by molar-refractivity contribution is 6.03. The monoisotopic (exact) mass is 411 g/mol. The predicted molar refractivity (Wildman–Crippen MR) is 116 cm³/mol. The topological polar surface area (TPSA) is 79.9 Å². The molecule has 1 atom stereocenters. The Morgan fingerprint density at radius 3 is 2.33 bits per heavy atom. The first-order valence-electron chi connectivity index (χ1n) is 9.99. The number of nitrogens with one attached hydrogen (secondary N) is 2. The molecule has 7 heteroatoms. The molecule has 7 nitrogen and oxygen atoms in total. The number of methoxy groups -OCH3 is 2. The number of aryl methyl sites for hydroxylation is 2. The molecule has 0 saturated heterocycles. The lowest BCUT2D eigenvalue weighted by molar-refractivity contribution is -0.125. The first-order valence-corrected chi connectivity index (χ1v) is 9.99. The number of amides is 3. The lowest BCUT2D eigenvalue weighted by Gasteiger charge is -2.33. The number of imide groups is 1. The summed E-state index contributed by atoms with van der Waals surface area (Å²) in [5.74, 6) is 1.04. The van der Waals surface area contributed by atoms with Crippen LogP contribution in [-0.4, -0.2) is 43.6 Å². The molecule has 160 valence electrons. The molecule has 0 spiro atoms. The maximum absolute atomic E-state index is 12.7. The molecule has 0 saturated carbocycles. The number of rotatable bonds is 5. The number of urea groups is 1. The van der Waals surface area contributed by atoms with Crippen LogP contribution in [0.25, 0.3) is 0 Å². The Bertz CT molecular complexity index is 958. The normalized spacial score (nSPS) is 14.4. The Hall–Kier alpha value is -3.06. The molecule has 1 heterocycles. The van der Waals surface area contributed by atoms with Gasteiger partial charge in [-0.2, -0.15) is 0 Å². The molecule has 2 aromatic rings. The average molecular weight is 412 g/mol. The molecule has 0 radical (unpaired) electrons. The van der Waals surface area contributed by atoms with Crippen LogP contribution >= 0.6 is 0 Å². The van der Waals surface area contributed by atoms with E-state index in [1.54, 1.807) is 14.2 Å². The van der Waals surface area contributed by atoms with Crippen molar-refractivity contribution in [3.05, 3.63) is 52.6 Å². The quantitative estimate of drug-likeness (QED) is 0.788. The number of benzene rings is 2. The van der Waals surface area contributed by atoms with Crippen LogP contribution in [0.5, 0.6) is 11.5 Å². The largest absolute Gasteiger partial charge is 0.493 e. The number of ether oxygens (including phenoxy) is 2. The number of carbonyl (C=O) groups excluding carboxylic acids is 2. The zero-order valence-electron chi connectivity index (χ0n) is 18.2. The first-order chi connectivity index (χ1) is 14.3. The third-order valence-electron chi connectivity index (χ3n) is 5.54. The summed E-state index contributed by atoms with van der Waals surface area (Å²) in [6.07, 6.45) is 0.794. The summed E-state index contributed by atoms with van der Waals surface area (Å²) < 4.78 is 10.8. The number of nitrogens with zero attached hydrogens (tertiary/aromatic N) is 1. The number of hydrogen-bond donors (Lipinski definition) is 2. The van der Waals surface area contributed by atoms with Crippen LogP contribution < -0.4 is 20.1 Å². The molecule has 0 unspecified atom stereocenters. The van der Waals surface area contributed by atoms with E-state index in [-0.39, 0.29) is 5.91 Å². The van der Waals surface area contributed by atoms with Crippen LogP contribution in [0.3, 0.4) is 0 Å². The van der Waals surface area contributed by atoms with Crippen molar-refractivity contribution in [3.63, 3.8) is 0 Å². The van der Waals surface area contributed by atoms with E-state index >= 15 is 0 Å². The van der Waals surface area contributed by atoms with Gasteiger partial charge in [0.2, 0.25) is 5.91 Å². The highest BCUT2D eigenvalue weighted by Gasteiger charge is 2.27. The summed E-state index contributed by atoms with van der Waals surface area (Å²) in [5.41, 5.74) is 5.03. The second-order valence-corrected chi connectivity index (χ2v) is 7.63. The molecular formula is C23H29N3O4. The summed E-state index contributed by atoms with van der Waals surface area (Å²) in [4.78, 5) is 27.0. The lowest BCUT2D eigenvalue weighted by Crippen LogP contribution is -2.49. The summed E-state index contributed by atoms with van der Waals surface area (Å²) in [6.45, 7) is 7.04. The van der Waals surface area contributed by atoms with Gasteiger partial charge in [0, 0.05) is 18.8 Å². The fraction of sp³-hybridized carbons (Fsp3) is 0.391. The average Bonchev–Trinajstić information content (AvgIpc) is 2.73. The molecule has 30 heavy (non-hydrogen) atoms. The van der Waals surface area contributed by atoms with Gasteiger partial charge in [0.05, 0.1) is 20.3 Å².